The predicted octanol–water partition coefficient (Wildman–Crippen LogP) is 4.38. The summed E-state index contributed by atoms with van der Waals surface area (Å²) in [6.45, 7) is 0. The van der Waals surface area contributed by atoms with Gasteiger partial charge in [-0.15, -0.1) is 0 Å². The highest BCUT2D eigenvalue weighted by Gasteiger charge is 2.30. The van der Waals surface area contributed by atoms with Gasteiger partial charge in [0.05, 0.1) is 23.1 Å². The van der Waals surface area contributed by atoms with Gasteiger partial charge in [-0.2, -0.15) is 23.4 Å². The Morgan fingerprint density at radius 1 is 0.933 bits per heavy atom. The molecule has 0 radical (unpaired) electrons. The number of hydrogen-bond donors (Lipinski definition) is 0. The van der Waals surface area contributed by atoms with Crippen molar-refractivity contribution in [1.82, 2.24) is 19.6 Å². The van der Waals surface area contributed by atoms with E-state index in [4.69, 9.17) is 0 Å². The standard InChI is InChI=1S/C20H11F5N4O/c21-13-4-5-15(22)17(11-13)29-16(6-8-26-29)19-18(30)7-9-28(27-19)14-3-1-2-12(10-14)20(23,24)25/h1-11H. The Morgan fingerprint density at radius 2 is 1.73 bits per heavy atom. The highest BCUT2D eigenvalue weighted by atomic mass is 19.4. The third kappa shape index (κ3) is 3.59. The second kappa shape index (κ2) is 7.21. The van der Waals surface area contributed by atoms with Crippen molar-refractivity contribution in [3.8, 4) is 22.8 Å². The summed E-state index contributed by atoms with van der Waals surface area (Å²) in [5.41, 5.74) is -1.78. The molecule has 2 aromatic carbocycles. The monoisotopic (exact) mass is 418 g/mol. The zero-order valence-electron chi connectivity index (χ0n) is 14.9. The van der Waals surface area contributed by atoms with Gasteiger partial charge < -0.3 is 0 Å². The van der Waals surface area contributed by atoms with Crippen molar-refractivity contribution < 1.29 is 22.0 Å². The number of alkyl halides is 3. The van der Waals surface area contributed by atoms with Crippen LogP contribution in [0.5, 0.6) is 0 Å². The van der Waals surface area contributed by atoms with Crippen LogP contribution in [0.3, 0.4) is 0 Å². The topological polar surface area (TPSA) is 52.7 Å². The van der Waals surface area contributed by atoms with Gasteiger partial charge in [-0.1, -0.05) is 6.07 Å². The Balaban J connectivity index is 1.85. The molecular weight excluding hydrogens is 407 g/mol. The van der Waals surface area contributed by atoms with Crippen LogP contribution >= 0.6 is 0 Å². The maximum absolute atomic E-state index is 14.2. The minimum absolute atomic E-state index is 0.0471. The lowest BCUT2D eigenvalue weighted by molar-refractivity contribution is -0.137. The molecule has 2 heterocycles. The molecule has 0 aliphatic rings. The Kier molecular flexibility index (Phi) is 4.69. The summed E-state index contributed by atoms with van der Waals surface area (Å²) in [6, 6.07) is 9.62. The normalized spacial score (nSPS) is 11.6. The number of halogens is 5. The second-order valence-corrected chi connectivity index (χ2v) is 6.25. The summed E-state index contributed by atoms with van der Waals surface area (Å²) in [5, 5.41) is 8.03. The van der Waals surface area contributed by atoms with Crippen LogP contribution in [-0.4, -0.2) is 19.6 Å². The van der Waals surface area contributed by atoms with Crippen molar-refractivity contribution in [2.45, 2.75) is 6.18 Å². The summed E-state index contributed by atoms with van der Waals surface area (Å²) in [6.07, 6.45) is -2.07. The van der Waals surface area contributed by atoms with Crippen molar-refractivity contribution in [3.63, 3.8) is 0 Å². The molecule has 0 spiro atoms. The number of nitrogens with zero attached hydrogens (tertiary/aromatic N) is 4. The van der Waals surface area contributed by atoms with Crippen molar-refractivity contribution in [1.29, 1.82) is 0 Å². The summed E-state index contributed by atoms with van der Waals surface area (Å²) in [5.74, 6) is -1.49. The Hall–Kier alpha value is -3.82. The number of benzene rings is 2. The van der Waals surface area contributed by atoms with E-state index in [0.717, 1.165) is 45.8 Å². The van der Waals surface area contributed by atoms with E-state index in [1.807, 2.05) is 0 Å². The average Bonchev–Trinajstić information content (AvgIpc) is 3.19. The lowest BCUT2D eigenvalue weighted by atomic mass is 10.2. The smallest absolute Gasteiger partial charge is 0.287 e. The summed E-state index contributed by atoms with van der Waals surface area (Å²) in [7, 11) is 0. The fraction of sp³-hybridized carbons (Fsp3) is 0.0500. The van der Waals surface area contributed by atoms with Gasteiger partial charge in [-0.25, -0.2) is 18.1 Å². The van der Waals surface area contributed by atoms with Crippen LogP contribution in [0.4, 0.5) is 22.0 Å². The van der Waals surface area contributed by atoms with E-state index in [-0.39, 0.29) is 22.8 Å². The highest BCUT2D eigenvalue weighted by Crippen LogP contribution is 2.30. The first-order valence-corrected chi connectivity index (χ1v) is 8.51. The molecular formula is C20H11F5N4O. The predicted molar refractivity (Wildman–Crippen MR) is 97.3 cm³/mol. The molecule has 0 unspecified atom stereocenters. The molecule has 4 rings (SSSR count). The fourth-order valence-electron chi connectivity index (χ4n) is 2.88. The van der Waals surface area contributed by atoms with Gasteiger partial charge >= 0.3 is 6.18 Å². The number of rotatable bonds is 3. The van der Waals surface area contributed by atoms with Gasteiger partial charge in [0.2, 0.25) is 5.43 Å². The maximum Gasteiger partial charge on any atom is 0.416 e. The van der Waals surface area contributed by atoms with Gasteiger partial charge in [-0.05, 0) is 36.4 Å². The SMILES string of the molecule is O=c1ccn(-c2cccc(C(F)(F)F)c2)nc1-c1ccnn1-c1cc(F)ccc1F. The molecule has 0 amide bonds. The lowest BCUT2D eigenvalue weighted by Crippen LogP contribution is -2.15. The first-order chi connectivity index (χ1) is 14.2. The van der Waals surface area contributed by atoms with Crippen LogP contribution in [0, 0.1) is 11.6 Å². The van der Waals surface area contributed by atoms with E-state index in [1.54, 1.807) is 0 Å². The van der Waals surface area contributed by atoms with Crippen LogP contribution in [0.25, 0.3) is 22.8 Å². The van der Waals surface area contributed by atoms with Crippen LogP contribution < -0.4 is 5.43 Å². The average molecular weight is 418 g/mol. The molecule has 2 aromatic heterocycles. The molecule has 30 heavy (non-hydrogen) atoms. The molecule has 0 aliphatic heterocycles. The largest absolute Gasteiger partial charge is 0.416 e. The number of hydrogen-bond acceptors (Lipinski definition) is 3. The van der Waals surface area contributed by atoms with Crippen molar-refractivity contribution in [2.24, 2.45) is 0 Å². The van der Waals surface area contributed by atoms with E-state index in [1.165, 1.54) is 30.6 Å². The van der Waals surface area contributed by atoms with Gasteiger partial charge in [0.1, 0.15) is 17.3 Å². The minimum atomic E-state index is -4.55. The second-order valence-electron chi connectivity index (χ2n) is 6.25. The first-order valence-electron chi connectivity index (χ1n) is 8.51. The zero-order chi connectivity index (χ0) is 21.5. The first kappa shape index (κ1) is 19.5. The third-order valence-electron chi connectivity index (χ3n) is 4.27. The fourth-order valence-corrected chi connectivity index (χ4v) is 2.88. The molecule has 5 nitrogen and oxygen atoms in total. The lowest BCUT2D eigenvalue weighted by Gasteiger charge is -2.12. The van der Waals surface area contributed by atoms with Crippen molar-refractivity contribution in [2.75, 3.05) is 0 Å². The molecule has 0 aliphatic carbocycles. The quantitative estimate of drug-likeness (QED) is 0.464. The van der Waals surface area contributed by atoms with Crippen LogP contribution in [0.15, 0.2) is 71.8 Å². The van der Waals surface area contributed by atoms with Gasteiger partial charge in [0, 0.05) is 18.3 Å². The van der Waals surface area contributed by atoms with Crippen molar-refractivity contribution >= 4 is 0 Å². The molecule has 152 valence electrons. The Bertz CT molecular complexity index is 1290. The van der Waals surface area contributed by atoms with Crippen molar-refractivity contribution in [3.05, 3.63) is 94.4 Å². The number of aromatic nitrogens is 4. The minimum Gasteiger partial charge on any atom is -0.287 e. The van der Waals surface area contributed by atoms with E-state index in [9.17, 15) is 26.7 Å². The molecule has 0 saturated heterocycles. The third-order valence-corrected chi connectivity index (χ3v) is 4.27. The molecule has 0 atom stereocenters. The van der Waals surface area contributed by atoms with Gasteiger partial charge in [-0.3, -0.25) is 4.79 Å². The molecule has 10 heteroatoms. The zero-order valence-corrected chi connectivity index (χ0v) is 14.9. The highest BCUT2D eigenvalue weighted by molar-refractivity contribution is 5.57. The summed E-state index contributed by atoms with van der Waals surface area (Å²) < 4.78 is 68.9. The Labute approximate surface area is 165 Å². The maximum atomic E-state index is 14.2. The molecule has 0 bridgehead atoms. The van der Waals surface area contributed by atoms with E-state index < -0.39 is 28.8 Å². The van der Waals surface area contributed by atoms with Crippen LogP contribution in [-0.2, 0) is 6.18 Å². The summed E-state index contributed by atoms with van der Waals surface area (Å²) in [4.78, 5) is 12.4. The molecule has 4 aromatic rings. The molecule has 0 fully saturated rings. The molecule has 0 N–H and O–H groups in total. The summed E-state index contributed by atoms with van der Waals surface area (Å²) >= 11 is 0. The van der Waals surface area contributed by atoms with Crippen LogP contribution in [0.2, 0.25) is 0 Å². The van der Waals surface area contributed by atoms with E-state index in [0.29, 0.717) is 0 Å². The van der Waals surface area contributed by atoms with E-state index >= 15 is 0 Å². The Morgan fingerprint density at radius 3 is 2.50 bits per heavy atom. The van der Waals surface area contributed by atoms with Gasteiger partial charge in [0.15, 0.2) is 5.69 Å². The van der Waals surface area contributed by atoms with E-state index in [2.05, 4.69) is 10.2 Å². The molecule has 0 saturated carbocycles. The van der Waals surface area contributed by atoms with Gasteiger partial charge in [0.25, 0.3) is 0 Å². The van der Waals surface area contributed by atoms with Crippen LogP contribution in [0.1, 0.15) is 5.56 Å².